The minimum atomic E-state index is 0. The maximum absolute atomic E-state index is 10.4. The molecule has 0 heterocycles. The third kappa shape index (κ3) is 1.92. The third-order valence-electron chi connectivity index (χ3n) is 1.10. The van der Waals surface area contributed by atoms with Crippen molar-refractivity contribution in [2.45, 2.75) is 26.7 Å². The molecule has 1 aliphatic rings. The minimum absolute atomic E-state index is 0. The van der Waals surface area contributed by atoms with Crippen LogP contribution in [0.25, 0.3) is 0 Å². The minimum Gasteiger partial charge on any atom is -0.299 e. The van der Waals surface area contributed by atoms with Crippen molar-refractivity contribution in [3.05, 3.63) is 12.2 Å². The summed E-state index contributed by atoms with van der Waals surface area (Å²) in [4.78, 5) is 10.4. The van der Waals surface area contributed by atoms with E-state index in [4.69, 9.17) is 0 Å². The number of carbonyl (C=O) groups excluding carboxylic acids is 1. The van der Waals surface area contributed by atoms with Crippen LogP contribution >= 0.6 is 0 Å². The van der Waals surface area contributed by atoms with Gasteiger partial charge in [-0.2, -0.15) is 0 Å². The van der Waals surface area contributed by atoms with Crippen molar-refractivity contribution < 1.29 is 4.79 Å². The summed E-state index contributed by atoms with van der Waals surface area (Å²) in [6.45, 7) is 0. The second-order valence-corrected chi connectivity index (χ2v) is 1.75. The SMILES string of the molecule is C.O=C1CC=CCC1. The first-order chi connectivity index (χ1) is 3.39. The molecule has 0 radical (unpaired) electrons. The Morgan fingerprint density at radius 1 is 1.38 bits per heavy atom. The van der Waals surface area contributed by atoms with E-state index in [1.54, 1.807) is 0 Å². The monoisotopic (exact) mass is 112 g/mol. The van der Waals surface area contributed by atoms with E-state index in [1.807, 2.05) is 6.08 Å². The zero-order valence-electron chi connectivity index (χ0n) is 4.18. The highest BCUT2D eigenvalue weighted by molar-refractivity contribution is 5.80. The number of Topliss-reactive ketones (excluding diaryl/α,β-unsaturated/α-hetero) is 1. The fourth-order valence-corrected chi connectivity index (χ4v) is 0.679. The summed E-state index contributed by atoms with van der Waals surface area (Å²) in [6, 6.07) is 0. The number of allylic oxidation sites excluding steroid dienone is 2. The van der Waals surface area contributed by atoms with E-state index in [0.29, 0.717) is 12.2 Å². The fraction of sp³-hybridized carbons (Fsp3) is 0.571. The van der Waals surface area contributed by atoms with Crippen LogP contribution < -0.4 is 0 Å². The van der Waals surface area contributed by atoms with Crippen LogP contribution in [0.4, 0.5) is 0 Å². The zero-order valence-corrected chi connectivity index (χ0v) is 4.18. The van der Waals surface area contributed by atoms with Crippen molar-refractivity contribution in [1.29, 1.82) is 0 Å². The Kier molecular flexibility index (Phi) is 3.16. The van der Waals surface area contributed by atoms with Gasteiger partial charge in [0.2, 0.25) is 0 Å². The Morgan fingerprint density at radius 2 is 2.12 bits per heavy atom. The standard InChI is InChI=1S/C6H8O.CH4/c7-6-4-2-1-3-5-6;/h1-2H,3-5H2;1H4. The van der Waals surface area contributed by atoms with Crippen LogP contribution in [0.1, 0.15) is 26.7 Å². The molecule has 1 rings (SSSR count). The average molecular weight is 112 g/mol. The van der Waals surface area contributed by atoms with E-state index in [9.17, 15) is 4.79 Å². The predicted molar refractivity (Wildman–Crippen MR) is 34.7 cm³/mol. The molecule has 1 aliphatic carbocycles. The van der Waals surface area contributed by atoms with Crippen LogP contribution in [-0.4, -0.2) is 5.78 Å². The molecule has 46 valence electrons. The molecule has 0 N–H and O–H groups in total. The lowest BCUT2D eigenvalue weighted by Gasteiger charge is -1.97. The lowest BCUT2D eigenvalue weighted by Crippen LogP contribution is -1.97. The van der Waals surface area contributed by atoms with Gasteiger partial charge in [-0.25, -0.2) is 0 Å². The summed E-state index contributed by atoms with van der Waals surface area (Å²) in [6.07, 6.45) is 6.38. The van der Waals surface area contributed by atoms with Gasteiger partial charge in [-0.15, -0.1) is 0 Å². The number of carbonyl (C=O) groups is 1. The summed E-state index contributed by atoms with van der Waals surface area (Å²) in [5.74, 6) is 0.377. The molecule has 0 fully saturated rings. The van der Waals surface area contributed by atoms with Gasteiger partial charge < -0.3 is 0 Å². The molecule has 0 bridgehead atoms. The average Bonchev–Trinajstić information content (AvgIpc) is 1.69. The van der Waals surface area contributed by atoms with Crippen LogP contribution in [0.2, 0.25) is 0 Å². The molecule has 0 spiro atoms. The Morgan fingerprint density at radius 3 is 2.38 bits per heavy atom. The Hall–Kier alpha value is -0.590. The molecule has 0 unspecified atom stereocenters. The number of rotatable bonds is 0. The molecule has 0 aliphatic heterocycles. The molecule has 0 amide bonds. The van der Waals surface area contributed by atoms with Gasteiger partial charge in [0.15, 0.2) is 0 Å². The first-order valence-corrected chi connectivity index (χ1v) is 2.56. The molecule has 0 aromatic carbocycles. The maximum atomic E-state index is 10.4. The largest absolute Gasteiger partial charge is 0.299 e. The van der Waals surface area contributed by atoms with E-state index in [0.717, 1.165) is 12.8 Å². The van der Waals surface area contributed by atoms with E-state index in [-0.39, 0.29) is 7.43 Å². The van der Waals surface area contributed by atoms with Gasteiger partial charge in [0, 0.05) is 12.8 Å². The molecular formula is C7H12O. The highest BCUT2D eigenvalue weighted by Crippen LogP contribution is 2.03. The lowest BCUT2D eigenvalue weighted by atomic mass is 10.1. The highest BCUT2D eigenvalue weighted by atomic mass is 16.1. The summed E-state index contributed by atoms with van der Waals surface area (Å²) in [5.41, 5.74) is 0. The lowest BCUT2D eigenvalue weighted by molar-refractivity contribution is -0.118. The van der Waals surface area contributed by atoms with Crippen LogP contribution in [0.5, 0.6) is 0 Å². The summed E-state index contributed by atoms with van der Waals surface area (Å²) in [5, 5.41) is 0. The van der Waals surface area contributed by atoms with Gasteiger partial charge in [0.1, 0.15) is 5.78 Å². The van der Waals surface area contributed by atoms with Crippen molar-refractivity contribution in [2.75, 3.05) is 0 Å². The molecule has 8 heavy (non-hydrogen) atoms. The molecule has 1 nitrogen and oxygen atoms in total. The number of ketones is 1. The highest BCUT2D eigenvalue weighted by Gasteiger charge is 1.99. The van der Waals surface area contributed by atoms with Crippen molar-refractivity contribution in [3.63, 3.8) is 0 Å². The molecule has 0 aromatic heterocycles. The van der Waals surface area contributed by atoms with Gasteiger partial charge in [-0.1, -0.05) is 19.6 Å². The quantitative estimate of drug-likeness (QED) is 0.437. The second-order valence-electron chi connectivity index (χ2n) is 1.75. The van der Waals surface area contributed by atoms with Crippen molar-refractivity contribution in [3.8, 4) is 0 Å². The van der Waals surface area contributed by atoms with Gasteiger partial charge in [0.25, 0.3) is 0 Å². The molecular weight excluding hydrogens is 100 g/mol. The molecule has 1 heteroatoms. The molecule has 0 atom stereocenters. The summed E-state index contributed by atoms with van der Waals surface area (Å²) < 4.78 is 0. The number of hydrogen-bond donors (Lipinski definition) is 0. The van der Waals surface area contributed by atoms with Crippen LogP contribution in [0, 0.1) is 0 Å². The van der Waals surface area contributed by atoms with Crippen LogP contribution in [0.3, 0.4) is 0 Å². The molecule has 0 saturated heterocycles. The van der Waals surface area contributed by atoms with E-state index < -0.39 is 0 Å². The van der Waals surface area contributed by atoms with Crippen LogP contribution in [-0.2, 0) is 4.79 Å². The van der Waals surface area contributed by atoms with E-state index in [1.165, 1.54) is 0 Å². The summed E-state index contributed by atoms with van der Waals surface area (Å²) >= 11 is 0. The van der Waals surface area contributed by atoms with Crippen LogP contribution in [0.15, 0.2) is 12.2 Å². The van der Waals surface area contributed by atoms with E-state index >= 15 is 0 Å². The van der Waals surface area contributed by atoms with Gasteiger partial charge in [-0.05, 0) is 6.42 Å². The molecule has 0 aromatic rings. The Labute approximate surface area is 50.4 Å². The first kappa shape index (κ1) is 7.41. The van der Waals surface area contributed by atoms with E-state index in [2.05, 4.69) is 6.08 Å². The number of hydrogen-bond acceptors (Lipinski definition) is 1. The topological polar surface area (TPSA) is 17.1 Å². The van der Waals surface area contributed by atoms with Gasteiger partial charge in [-0.3, -0.25) is 4.79 Å². The van der Waals surface area contributed by atoms with Gasteiger partial charge in [0.05, 0.1) is 0 Å². The Bertz CT molecular complexity index is 103. The first-order valence-electron chi connectivity index (χ1n) is 2.56. The molecule has 0 saturated carbocycles. The van der Waals surface area contributed by atoms with Crippen molar-refractivity contribution in [1.82, 2.24) is 0 Å². The second kappa shape index (κ2) is 3.42. The van der Waals surface area contributed by atoms with Crippen molar-refractivity contribution in [2.24, 2.45) is 0 Å². The summed E-state index contributed by atoms with van der Waals surface area (Å²) in [7, 11) is 0. The fourth-order valence-electron chi connectivity index (χ4n) is 0.679. The van der Waals surface area contributed by atoms with Gasteiger partial charge >= 0.3 is 0 Å². The predicted octanol–water partition coefficient (Wildman–Crippen LogP) is 1.93. The Balaban J connectivity index is 0.000000490. The van der Waals surface area contributed by atoms with Crippen molar-refractivity contribution >= 4 is 5.78 Å². The maximum Gasteiger partial charge on any atom is 0.136 e. The normalized spacial score (nSPS) is 17.8. The third-order valence-corrected chi connectivity index (χ3v) is 1.10. The smallest absolute Gasteiger partial charge is 0.136 e. The zero-order chi connectivity index (χ0) is 5.11.